The molecule has 0 saturated heterocycles. The fraction of sp³-hybridized carbons (Fsp3) is 0.0769. The summed E-state index contributed by atoms with van der Waals surface area (Å²) < 4.78 is 12.9. The van der Waals surface area contributed by atoms with E-state index in [1.54, 1.807) is 24.3 Å². The van der Waals surface area contributed by atoms with E-state index in [4.69, 9.17) is 11.6 Å². The molecule has 2 aromatic rings. The number of aromatic nitrogens is 1. The van der Waals surface area contributed by atoms with Crippen LogP contribution in [0.5, 0.6) is 0 Å². The van der Waals surface area contributed by atoms with Gasteiger partial charge in [0.2, 0.25) is 0 Å². The minimum atomic E-state index is -0.446. The van der Waals surface area contributed by atoms with Crippen LogP contribution in [-0.2, 0) is 5.75 Å². The molecule has 0 bridgehead atoms. The topological polar surface area (TPSA) is 94.0 Å². The molecule has 0 spiro atoms. The van der Waals surface area contributed by atoms with E-state index < -0.39 is 5.91 Å². The largest absolute Gasteiger partial charge is 0.398 e. The van der Waals surface area contributed by atoms with E-state index in [1.807, 2.05) is 5.43 Å². The van der Waals surface area contributed by atoms with Crippen LogP contribution in [-0.4, -0.2) is 10.9 Å². The van der Waals surface area contributed by atoms with Gasteiger partial charge in [-0.1, -0.05) is 6.07 Å². The Kier molecular flexibility index (Phi) is 4.54. The summed E-state index contributed by atoms with van der Waals surface area (Å²) >= 11 is 1.42. The van der Waals surface area contributed by atoms with E-state index in [0.717, 1.165) is 4.90 Å². The van der Waals surface area contributed by atoms with Gasteiger partial charge in [0.15, 0.2) is 0 Å². The van der Waals surface area contributed by atoms with Gasteiger partial charge in [0, 0.05) is 16.3 Å². The van der Waals surface area contributed by atoms with Gasteiger partial charge in [-0.25, -0.2) is 15.2 Å². The van der Waals surface area contributed by atoms with E-state index >= 15 is 0 Å². The van der Waals surface area contributed by atoms with Crippen LogP contribution in [0.3, 0.4) is 0 Å². The van der Waals surface area contributed by atoms with Gasteiger partial charge < -0.3 is 5.73 Å². The molecule has 1 heterocycles. The highest BCUT2D eigenvalue weighted by molar-refractivity contribution is 7.98. The summed E-state index contributed by atoms with van der Waals surface area (Å²) in [6, 6.07) is 9.33. The molecule has 0 aliphatic carbocycles. The number of hydrogen-bond acceptors (Lipinski definition) is 5. The Hall–Kier alpha value is -2.12. The first-order valence-corrected chi connectivity index (χ1v) is 6.73. The van der Waals surface area contributed by atoms with E-state index in [9.17, 15) is 9.18 Å². The molecule has 1 amide bonds. The van der Waals surface area contributed by atoms with Crippen molar-refractivity contribution < 1.29 is 9.18 Å². The van der Waals surface area contributed by atoms with Gasteiger partial charge in [0.25, 0.3) is 5.91 Å². The van der Waals surface area contributed by atoms with Crippen molar-refractivity contribution >= 4 is 23.4 Å². The number of anilines is 1. The number of hydrogen-bond donors (Lipinski definition) is 3. The summed E-state index contributed by atoms with van der Waals surface area (Å²) in [5.41, 5.74) is 9.09. The molecule has 0 aliphatic rings. The number of halogens is 1. The molecule has 104 valence electrons. The summed E-state index contributed by atoms with van der Waals surface area (Å²) in [5, 5.41) is 0. The number of carbonyl (C=O) groups excluding carboxylic acids is 1. The van der Waals surface area contributed by atoms with Crippen LogP contribution in [0.2, 0.25) is 0 Å². The lowest BCUT2D eigenvalue weighted by Gasteiger charge is -2.06. The summed E-state index contributed by atoms with van der Waals surface area (Å²) in [6.45, 7) is 0. The Morgan fingerprint density at radius 1 is 1.35 bits per heavy atom. The van der Waals surface area contributed by atoms with Crippen LogP contribution in [0.15, 0.2) is 41.3 Å². The molecule has 0 saturated carbocycles. The Morgan fingerprint density at radius 3 is 2.85 bits per heavy atom. The maximum absolute atomic E-state index is 12.9. The number of carbonyl (C=O) groups is 1. The van der Waals surface area contributed by atoms with Gasteiger partial charge in [0.05, 0.1) is 5.69 Å². The average molecular weight is 292 g/mol. The molecule has 1 aromatic heterocycles. The molecule has 1 aromatic carbocycles. The second-order valence-corrected chi connectivity index (χ2v) is 4.98. The minimum absolute atomic E-state index is 0.248. The van der Waals surface area contributed by atoms with E-state index in [1.165, 1.54) is 23.9 Å². The number of hydrazine groups is 1. The third-order valence-electron chi connectivity index (χ3n) is 2.52. The molecule has 20 heavy (non-hydrogen) atoms. The molecule has 2 rings (SSSR count). The first-order valence-electron chi connectivity index (χ1n) is 5.75. The molecule has 0 unspecified atom stereocenters. The lowest BCUT2D eigenvalue weighted by molar-refractivity contribution is 0.0948. The smallest absolute Gasteiger partial charge is 0.283 e. The van der Waals surface area contributed by atoms with Gasteiger partial charge in [-0.05, 0) is 30.3 Å². The van der Waals surface area contributed by atoms with Gasteiger partial charge in [-0.3, -0.25) is 10.2 Å². The second kappa shape index (κ2) is 6.36. The Labute approximate surface area is 119 Å². The van der Waals surface area contributed by atoms with E-state index in [0.29, 0.717) is 17.1 Å². The van der Waals surface area contributed by atoms with Crippen LogP contribution in [0.1, 0.15) is 16.2 Å². The zero-order valence-corrected chi connectivity index (χ0v) is 11.3. The van der Waals surface area contributed by atoms with Crippen LogP contribution >= 0.6 is 11.8 Å². The fourth-order valence-corrected chi connectivity index (χ4v) is 2.42. The highest BCUT2D eigenvalue weighted by Crippen LogP contribution is 2.28. The van der Waals surface area contributed by atoms with Gasteiger partial charge in [0.1, 0.15) is 11.5 Å². The fourth-order valence-electron chi connectivity index (χ4n) is 1.56. The lowest BCUT2D eigenvalue weighted by atomic mass is 10.3. The zero-order chi connectivity index (χ0) is 14.5. The molecule has 0 aliphatic heterocycles. The Balaban J connectivity index is 2.09. The van der Waals surface area contributed by atoms with Gasteiger partial charge in [-0.15, -0.1) is 11.8 Å². The number of benzene rings is 1. The molecule has 5 nitrogen and oxygen atoms in total. The Morgan fingerprint density at radius 2 is 2.15 bits per heavy atom. The molecule has 0 atom stereocenters. The monoisotopic (exact) mass is 292 g/mol. The van der Waals surface area contributed by atoms with Gasteiger partial charge in [-0.2, -0.15) is 0 Å². The number of nitrogens with two attached hydrogens (primary N) is 2. The first kappa shape index (κ1) is 14.3. The highest BCUT2D eigenvalue weighted by atomic mass is 32.2. The highest BCUT2D eigenvalue weighted by Gasteiger charge is 2.07. The average Bonchev–Trinajstić information content (AvgIpc) is 2.46. The van der Waals surface area contributed by atoms with Crippen molar-refractivity contribution in [3.63, 3.8) is 0 Å². The maximum atomic E-state index is 12.9. The summed E-state index contributed by atoms with van der Waals surface area (Å²) in [4.78, 5) is 16.3. The predicted molar refractivity (Wildman–Crippen MR) is 76.3 cm³/mol. The second-order valence-electron chi connectivity index (χ2n) is 3.96. The third-order valence-corrected chi connectivity index (χ3v) is 3.64. The van der Waals surface area contributed by atoms with Crippen molar-refractivity contribution in [2.45, 2.75) is 10.6 Å². The molecular formula is C13H13FN4OS. The van der Waals surface area contributed by atoms with Crippen molar-refractivity contribution in [3.8, 4) is 0 Å². The van der Waals surface area contributed by atoms with Crippen molar-refractivity contribution in [2.75, 3.05) is 5.73 Å². The lowest BCUT2D eigenvalue weighted by Crippen LogP contribution is -2.30. The number of nitrogens with zero attached hydrogens (tertiary/aromatic N) is 1. The quantitative estimate of drug-likeness (QED) is 0.262. The SMILES string of the molecule is NNC(=O)c1cccc(CSc2ccc(F)cc2N)n1. The molecule has 5 N–H and O–H groups in total. The zero-order valence-electron chi connectivity index (χ0n) is 10.5. The van der Waals surface area contributed by atoms with Crippen molar-refractivity contribution in [2.24, 2.45) is 5.84 Å². The molecule has 7 heteroatoms. The number of nitrogen functional groups attached to an aromatic ring is 2. The van der Waals surface area contributed by atoms with E-state index in [2.05, 4.69) is 4.98 Å². The van der Waals surface area contributed by atoms with Gasteiger partial charge >= 0.3 is 0 Å². The summed E-state index contributed by atoms with van der Waals surface area (Å²) in [5.74, 6) is 4.76. The summed E-state index contributed by atoms with van der Waals surface area (Å²) in [7, 11) is 0. The molecular weight excluding hydrogens is 279 g/mol. The van der Waals surface area contributed by atoms with Crippen molar-refractivity contribution in [3.05, 3.63) is 53.6 Å². The van der Waals surface area contributed by atoms with Crippen LogP contribution < -0.4 is 17.0 Å². The van der Waals surface area contributed by atoms with E-state index in [-0.39, 0.29) is 11.5 Å². The molecule has 0 radical (unpaired) electrons. The number of rotatable bonds is 4. The number of amides is 1. The summed E-state index contributed by atoms with van der Waals surface area (Å²) in [6.07, 6.45) is 0. The predicted octanol–water partition coefficient (Wildman–Crippen LogP) is 1.70. The Bertz CT molecular complexity index is 636. The third kappa shape index (κ3) is 3.46. The normalized spacial score (nSPS) is 10.3. The number of thioether (sulfide) groups is 1. The van der Waals surface area contributed by atoms with Crippen molar-refractivity contribution in [1.82, 2.24) is 10.4 Å². The van der Waals surface area contributed by atoms with Crippen LogP contribution in [0.25, 0.3) is 0 Å². The van der Waals surface area contributed by atoms with Crippen LogP contribution in [0, 0.1) is 5.82 Å². The first-order chi connectivity index (χ1) is 9.60. The number of pyridine rings is 1. The van der Waals surface area contributed by atoms with Crippen molar-refractivity contribution in [1.29, 1.82) is 0 Å². The molecule has 0 fully saturated rings. The standard InChI is InChI=1S/C13H13FN4OS/c14-8-4-5-12(10(15)6-8)20-7-9-2-1-3-11(17-9)13(19)18-16/h1-6H,7,15-16H2,(H,18,19). The maximum Gasteiger partial charge on any atom is 0.283 e. The van der Waals surface area contributed by atoms with Crippen LogP contribution in [0.4, 0.5) is 10.1 Å². The number of nitrogens with one attached hydrogen (secondary N) is 1. The minimum Gasteiger partial charge on any atom is -0.398 e.